The van der Waals surface area contributed by atoms with Crippen LogP contribution in [0.2, 0.25) is 0 Å². The van der Waals surface area contributed by atoms with Crippen LogP contribution in [0.25, 0.3) is 0 Å². The van der Waals surface area contributed by atoms with Gasteiger partial charge in [-0.3, -0.25) is 4.79 Å². The van der Waals surface area contributed by atoms with E-state index in [4.69, 9.17) is 0 Å². The molecule has 0 aromatic heterocycles. The van der Waals surface area contributed by atoms with Gasteiger partial charge in [-0.15, -0.1) is 11.8 Å². The molecular formula is C14H17F3OS. The van der Waals surface area contributed by atoms with Crippen molar-refractivity contribution in [3.63, 3.8) is 0 Å². The third-order valence-corrected chi connectivity index (χ3v) is 3.96. The van der Waals surface area contributed by atoms with Crippen molar-refractivity contribution in [3.05, 3.63) is 35.9 Å². The lowest BCUT2D eigenvalue weighted by Gasteiger charge is -2.17. The number of carbonyl (C=O) groups is 1. The maximum atomic E-state index is 12.5. The molecule has 1 aromatic carbocycles. The number of thioether (sulfide) groups is 1. The molecule has 0 amide bonds. The van der Waals surface area contributed by atoms with E-state index in [0.29, 0.717) is 5.75 Å². The predicted octanol–water partition coefficient (Wildman–Crippen LogP) is 4.26. The summed E-state index contributed by atoms with van der Waals surface area (Å²) in [6.45, 7) is 1.97. The van der Waals surface area contributed by atoms with Crippen molar-refractivity contribution in [1.29, 1.82) is 0 Å². The van der Waals surface area contributed by atoms with Crippen LogP contribution in [0.5, 0.6) is 0 Å². The van der Waals surface area contributed by atoms with Gasteiger partial charge in [0.2, 0.25) is 5.78 Å². The lowest BCUT2D eigenvalue weighted by molar-refractivity contribution is -0.170. The highest BCUT2D eigenvalue weighted by Crippen LogP contribution is 2.27. The third kappa shape index (κ3) is 5.68. The van der Waals surface area contributed by atoms with Crippen LogP contribution in [0, 0.1) is 0 Å². The van der Waals surface area contributed by atoms with Gasteiger partial charge in [-0.25, -0.2) is 0 Å². The lowest BCUT2D eigenvalue weighted by Crippen LogP contribution is -2.34. The molecule has 1 aromatic rings. The zero-order valence-corrected chi connectivity index (χ0v) is 11.6. The molecule has 0 N–H and O–H groups in total. The van der Waals surface area contributed by atoms with Crippen LogP contribution in [0.1, 0.15) is 25.3 Å². The van der Waals surface area contributed by atoms with Crippen LogP contribution in [0.3, 0.4) is 0 Å². The molecule has 0 aliphatic carbocycles. The van der Waals surface area contributed by atoms with E-state index in [1.165, 1.54) is 0 Å². The summed E-state index contributed by atoms with van der Waals surface area (Å²) in [7, 11) is 0. The fraction of sp³-hybridized carbons (Fsp3) is 0.500. The van der Waals surface area contributed by atoms with Crippen LogP contribution in [-0.4, -0.2) is 23.0 Å². The molecule has 106 valence electrons. The Hall–Kier alpha value is -0.970. The van der Waals surface area contributed by atoms with Gasteiger partial charge in [-0.2, -0.15) is 13.2 Å². The van der Waals surface area contributed by atoms with E-state index in [1.807, 2.05) is 6.92 Å². The minimum absolute atomic E-state index is 0.133. The van der Waals surface area contributed by atoms with Gasteiger partial charge >= 0.3 is 6.18 Å². The van der Waals surface area contributed by atoms with E-state index in [0.717, 1.165) is 30.2 Å². The molecule has 0 saturated heterocycles. The molecule has 0 heterocycles. The van der Waals surface area contributed by atoms with Gasteiger partial charge in [0, 0.05) is 0 Å². The first kappa shape index (κ1) is 16.1. The standard InChI is InChI=1S/C14H17F3OS/c1-2-3-9-19-12(13(18)14(15,16)17)10-11-7-5-4-6-8-11/h4-8,12H,2-3,9-10H2,1H3. The predicted molar refractivity (Wildman–Crippen MR) is 72.4 cm³/mol. The van der Waals surface area contributed by atoms with Gasteiger partial charge in [0.05, 0.1) is 5.25 Å². The maximum Gasteiger partial charge on any atom is 0.451 e. The van der Waals surface area contributed by atoms with Crippen LogP contribution < -0.4 is 0 Å². The molecule has 19 heavy (non-hydrogen) atoms. The molecular weight excluding hydrogens is 273 g/mol. The highest BCUT2D eigenvalue weighted by Gasteiger charge is 2.43. The second kappa shape index (κ2) is 7.58. The van der Waals surface area contributed by atoms with Gasteiger partial charge in [-0.1, -0.05) is 43.7 Å². The summed E-state index contributed by atoms with van der Waals surface area (Å²) in [6.07, 6.45) is -2.89. The van der Waals surface area contributed by atoms with Crippen molar-refractivity contribution in [3.8, 4) is 0 Å². The Bertz CT molecular complexity index is 389. The molecule has 1 unspecified atom stereocenters. The van der Waals surface area contributed by atoms with Gasteiger partial charge < -0.3 is 0 Å². The number of alkyl halides is 3. The summed E-state index contributed by atoms with van der Waals surface area (Å²) in [5, 5.41) is -1.03. The molecule has 0 radical (unpaired) electrons. The number of unbranched alkanes of at least 4 members (excludes halogenated alkanes) is 1. The highest BCUT2D eigenvalue weighted by atomic mass is 32.2. The van der Waals surface area contributed by atoms with E-state index in [1.54, 1.807) is 30.3 Å². The molecule has 1 rings (SSSR count). The fourth-order valence-corrected chi connectivity index (χ4v) is 2.94. The number of hydrogen-bond donors (Lipinski definition) is 0. The minimum atomic E-state index is -4.75. The summed E-state index contributed by atoms with van der Waals surface area (Å²) in [5.41, 5.74) is 0.758. The zero-order valence-electron chi connectivity index (χ0n) is 10.7. The van der Waals surface area contributed by atoms with Crippen molar-refractivity contribution < 1.29 is 18.0 Å². The number of halogens is 3. The summed E-state index contributed by atoms with van der Waals surface area (Å²) < 4.78 is 37.6. The summed E-state index contributed by atoms with van der Waals surface area (Å²) in [6, 6.07) is 8.82. The van der Waals surface area contributed by atoms with E-state index in [2.05, 4.69) is 0 Å². The Kier molecular flexibility index (Phi) is 6.42. The highest BCUT2D eigenvalue weighted by molar-refractivity contribution is 8.00. The fourth-order valence-electron chi connectivity index (χ4n) is 1.61. The van der Waals surface area contributed by atoms with Gasteiger partial charge in [0.15, 0.2) is 0 Å². The molecule has 0 aliphatic heterocycles. The van der Waals surface area contributed by atoms with Crippen LogP contribution >= 0.6 is 11.8 Å². The number of rotatable bonds is 7. The van der Waals surface area contributed by atoms with Crippen molar-refractivity contribution >= 4 is 17.5 Å². The SMILES string of the molecule is CCCCSC(Cc1ccccc1)C(=O)C(F)(F)F. The average Bonchev–Trinajstić information content (AvgIpc) is 2.37. The van der Waals surface area contributed by atoms with Crippen LogP contribution in [0.15, 0.2) is 30.3 Å². The number of hydrogen-bond acceptors (Lipinski definition) is 2. The lowest BCUT2D eigenvalue weighted by atomic mass is 10.1. The summed E-state index contributed by atoms with van der Waals surface area (Å²) in [4.78, 5) is 11.4. The van der Waals surface area contributed by atoms with Gasteiger partial charge in [0.1, 0.15) is 0 Å². The summed E-state index contributed by atoms with van der Waals surface area (Å²) >= 11 is 1.11. The van der Waals surface area contributed by atoms with Gasteiger partial charge in [-0.05, 0) is 24.2 Å². The largest absolute Gasteiger partial charge is 0.451 e. The topological polar surface area (TPSA) is 17.1 Å². The van der Waals surface area contributed by atoms with Crippen molar-refractivity contribution in [2.24, 2.45) is 0 Å². The van der Waals surface area contributed by atoms with Crippen LogP contribution in [0.4, 0.5) is 13.2 Å². The van der Waals surface area contributed by atoms with E-state index in [9.17, 15) is 18.0 Å². The zero-order chi connectivity index (χ0) is 14.3. The smallest absolute Gasteiger partial charge is 0.288 e. The van der Waals surface area contributed by atoms with Gasteiger partial charge in [0.25, 0.3) is 0 Å². The third-order valence-electron chi connectivity index (χ3n) is 2.65. The first-order chi connectivity index (χ1) is 8.95. The average molecular weight is 290 g/mol. The normalized spacial score (nSPS) is 13.3. The maximum absolute atomic E-state index is 12.5. The van der Waals surface area contributed by atoms with Crippen molar-refractivity contribution in [2.75, 3.05) is 5.75 Å². The molecule has 5 heteroatoms. The summed E-state index contributed by atoms with van der Waals surface area (Å²) in [5.74, 6) is -1.05. The van der Waals surface area contributed by atoms with E-state index >= 15 is 0 Å². The Balaban J connectivity index is 2.72. The second-order valence-electron chi connectivity index (χ2n) is 4.26. The number of Topliss-reactive ketones (excluding diaryl/α,β-unsaturated/α-hetero) is 1. The molecule has 0 aliphatic rings. The van der Waals surface area contributed by atoms with Crippen molar-refractivity contribution in [1.82, 2.24) is 0 Å². The molecule has 1 nitrogen and oxygen atoms in total. The molecule has 0 saturated carbocycles. The minimum Gasteiger partial charge on any atom is -0.288 e. The van der Waals surface area contributed by atoms with E-state index in [-0.39, 0.29) is 6.42 Å². The molecule has 0 fully saturated rings. The Labute approximate surface area is 115 Å². The monoisotopic (exact) mass is 290 g/mol. The number of carbonyl (C=O) groups excluding carboxylic acids is 1. The Morgan fingerprint density at radius 3 is 2.42 bits per heavy atom. The molecule has 0 bridgehead atoms. The molecule has 1 atom stereocenters. The quantitative estimate of drug-likeness (QED) is 0.698. The Morgan fingerprint density at radius 1 is 1.26 bits per heavy atom. The second-order valence-corrected chi connectivity index (χ2v) is 5.58. The van der Waals surface area contributed by atoms with Crippen molar-refractivity contribution in [2.45, 2.75) is 37.6 Å². The first-order valence-electron chi connectivity index (χ1n) is 6.21. The molecule has 0 spiro atoms. The number of ketones is 1. The van der Waals surface area contributed by atoms with Crippen LogP contribution in [-0.2, 0) is 11.2 Å². The Morgan fingerprint density at radius 2 is 1.89 bits per heavy atom. The number of benzene rings is 1. The first-order valence-corrected chi connectivity index (χ1v) is 7.26. The van der Waals surface area contributed by atoms with E-state index < -0.39 is 17.2 Å².